The number of halogens is 2. The lowest BCUT2D eigenvalue weighted by molar-refractivity contribution is 0.419. The number of methoxy groups -OCH3 is 1. The average Bonchev–Trinajstić information content (AvgIpc) is 2.50. The van der Waals surface area contributed by atoms with Gasteiger partial charge in [-0.3, -0.25) is 0 Å². The van der Waals surface area contributed by atoms with Gasteiger partial charge in [0, 0.05) is 11.1 Å². The largest absolute Gasteiger partial charge is 0.494 e. The number of rotatable bonds is 3. The number of nitrogens with zero attached hydrogens (tertiary/aromatic N) is 2. The summed E-state index contributed by atoms with van der Waals surface area (Å²) in [5, 5.41) is 4.09. The number of benzene rings is 2. The van der Waals surface area contributed by atoms with E-state index in [-0.39, 0.29) is 5.82 Å². The van der Waals surface area contributed by atoms with Crippen molar-refractivity contribution in [2.45, 2.75) is 6.92 Å². The highest BCUT2D eigenvalue weighted by Gasteiger charge is 2.11. The van der Waals surface area contributed by atoms with E-state index in [1.807, 2.05) is 12.1 Å². The standard InChI is InChI=1S/C16H13ClFN3O/c1-9-8-10(18)6-7-12(9)19-16-20-14-11(15(17)21-16)4-3-5-13(14)22-2/h3-8H,1-2H3,(H,19,20,21). The smallest absolute Gasteiger partial charge is 0.229 e. The van der Waals surface area contributed by atoms with Crippen LogP contribution in [-0.4, -0.2) is 17.1 Å². The van der Waals surface area contributed by atoms with E-state index in [2.05, 4.69) is 15.3 Å². The molecule has 0 spiro atoms. The first-order valence-electron chi connectivity index (χ1n) is 6.62. The number of aromatic nitrogens is 2. The second-order valence-corrected chi connectivity index (χ2v) is 5.14. The van der Waals surface area contributed by atoms with Gasteiger partial charge in [-0.05, 0) is 42.8 Å². The first-order valence-corrected chi connectivity index (χ1v) is 6.99. The molecule has 6 heteroatoms. The Labute approximate surface area is 131 Å². The predicted octanol–water partition coefficient (Wildman–Crippen LogP) is 4.48. The van der Waals surface area contributed by atoms with Crippen LogP contribution in [0.4, 0.5) is 16.0 Å². The number of aryl methyl sites for hydroxylation is 1. The van der Waals surface area contributed by atoms with Crippen LogP contribution in [0.3, 0.4) is 0 Å². The first-order chi connectivity index (χ1) is 10.6. The van der Waals surface area contributed by atoms with E-state index in [0.29, 0.717) is 33.4 Å². The van der Waals surface area contributed by atoms with E-state index in [9.17, 15) is 4.39 Å². The molecule has 0 fully saturated rings. The molecule has 112 valence electrons. The van der Waals surface area contributed by atoms with Gasteiger partial charge in [0.15, 0.2) is 0 Å². The summed E-state index contributed by atoms with van der Waals surface area (Å²) >= 11 is 6.22. The van der Waals surface area contributed by atoms with Gasteiger partial charge in [-0.2, -0.15) is 0 Å². The Morgan fingerprint density at radius 2 is 2.00 bits per heavy atom. The molecule has 22 heavy (non-hydrogen) atoms. The Bertz CT molecular complexity index is 854. The van der Waals surface area contributed by atoms with Crippen LogP contribution in [0.5, 0.6) is 5.75 Å². The summed E-state index contributed by atoms with van der Waals surface area (Å²) in [6.07, 6.45) is 0. The van der Waals surface area contributed by atoms with Gasteiger partial charge in [-0.25, -0.2) is 14.4 Å². The lowest BCUT2D eigenvalue weighted by Crippen LogP contribution is -2.01. The second-order valence-electron chi connectivity index (χ2n) is 4.78. The Morgan fingerprint density at radius 1 is 1.18 bits per heavy atom. The minimum atomic E-state index is -0.290. The monoisotopic (exact) mass is 317 g/mol. The molecule has 1 aromatic heterocycles. The van der Waals surface area contributed by atoms with E-state index in [1.54, 1.807) is 26.2 Å². The highest BCUT2D eigenvalue weighted by molar-refractivity contribution is 6.34. The van der Waals surface area contributed by atoms with Gasteiger partial charge in [0.1, 0.15) is 22.2 Å². The van der Waals surface area contributed by atoms with Crippen LogP contribution in [-0.2, 0) is 0 Å². The average molecular weight is 318 g/mol. The molecule has 3 aromatic rings. The van der Waals surface area contributed by atoms with Crippen LogP contribution in [0.1, 0.15) is 5.56 Å². The molecule has 1 heterocycles. The van der Waals surface area contributed by atoms with Gasteiger partial charge in [-0.15, -0.1) is 0 Å². The van der Waals surface area contributed by atoms with Crippen molar-refractivity contribution < 1.29 is 9.13 Å². The molecule has 1 N–H and O–H groups in total. The molecule has 0 radical (unpaired) electrons. The Morgan fingerprint density at radius 3 is 2.73 bits per heavy atom. The normalized spacial score (nSPS) is 10.7. The molecule has 0 aliphatic rings. The maximum absolute atomic E-state index is 13.2. The molecule has 0 aliphatic heterocycles. The fraction of sp³-hybridized carbons (Fsp3) is 0.125. The van der Waals surface area contributed by atoms with Crippen molar-refractivity contribution in [2.75, 3.05) is 12.4 Å². The summed E-state index contributed by atoms with van der Waals surface area (Å²) in [5.74, 6) is 0.652. The van der Waals surface area contributed by atoms with Crippen molar-refractivity contribution in [1.82, 2.24) is 9.97 Å². The molecule has 0 saturated carbocycles. The van der Waals surface area contributed by atoms with Crippen LogP contribution in [0.15, 0.2) is 36.4 Å². The Hall–Kier alpha value is -2.40. The van der Waals surface area contributed by atoms with Gasteiger partial charge in [-0.1, -0.05) is 17.7 Å². The fourth-order valence-corrected chi connectivity index (χ4v) is 2.43. The van der Waals surface area contributed by atoms with Gasteiger partial charge in [0.2, 0.25) is 5.95 Å². The highest BCUT2D eigenvalue weighted by atomic mass is 35.5. The summed E-state index contributed by atoms with van der Waals surface area (Å²) in [4.78, 5) is 8.67. The van der Waals surface area contributed by atoms with Gasteiger partial charge in [0.05, 0.1) is 7.11 Å². The third kappa shape index (κ3) is 2.67. The zero-order valence-corrected chi connectivity index (χ0v) is 12.8. The minimum absolute atomic E-state index is 0.290. The number of para-hydroxylation sites is 1. The number of hydrogen-bond donors (Lipinski definition) is 1. The van der Waals surface area contributed by atoms with Crippen LogP contribution >= 0.6 is 11.6 Å². The number of fused-ring (bicyclic) bond motifs is 1. The number of ether oxygens (including phenoxy) is 1. The summed E-state index contributed by atoms with van der Waals surface area (Å²) < 4.78 is 18.5. The molecule has 0 aliphatic carbocycles. The minimum Gasteiger partial charge on any atom is -0.494 e. The van der Waals surface area contributed by atoms with E-state index < -0.39 is 0 Å². The summed E-state index contributed by atoms with van der Waals surface area (Å²) in [7, 11) is 1.57. The zero-order valence-electron chi connectivity index (χ0n) is 12.0. The van der Waals surface area contributed by atoms with E-state index in [0.717, 1.165) is 5.56 Å². The molecule has 4 nitrogen and oxygen atoms in total. The van der Waals surface area contributed by atoms with Gasteiger partial charge >= 0.3 is 0 Å². The quantitative estimate of drug-likeness (QED) is 0.723. The molecule has 0 saturated heterocycles. The van der Waals surface area contributed by atoms with E-state index >= 15 is 0 Å². The third-order valence-electron chi connectivity index (χ3n) is 3.30. The van der Waals surface area contributed by atoms with Gasteiger partial charge in [0.25, 0.3) is 0 Å². The van der Waals surface area contributed by atoms with Crippen molar-refractivity contribution in [3.05, 3.63) is 52.9 Å². The Kier molecular flexibility index (Phi) is 3.81. The topological polar surface area (TPSA) is 47.0 Å². The van der Waals surface area contributed by atoms with Crippen LogP contribution in [0.25, 0.3) is 10.9 Å². The molecule has 0 atom stereocenters. The van der Waals surface area contributed by atoms with E-state index in [1.165, 1.54) is 12.1 Å². The van der Waals surface area contributed by atoms with E-state index in [4.69, 9.17) is 16.3 Å². The lowest BCUT2D eigenvalue weighted by atomic mass is 10.2. The summed E-state index contributed by atoms with van der Waals surface area (Å²) in [5.41, 5.74) is 2.08. The lowest BCUT2D eigenvalue weighted by Gasteiger charge is -2.11. The molecular weight excluding hydrogens is 305 g/mol. The molecular formula is C16H13ClFN3O. The van der Waals surface area contributed by atoms with Crippen molar-refractivity contribution >= 4 is 34.1 Å². The SMILES string of the molecule is COc1cccc2c(Cl)nc(Nc3ccc(F)cc3C)nc12. The van der Waals surface area contributed by atoms with Crippen molar-refractivity contribution in [3.63, 3.8) is 0 Å². The fourth-order valence-electron chi connectivity index (χ4n) is 2.20. The molecule has 3 rings (SSSR count). The second kappa shape index (κ2) is 5.77. The summed E-state index contributed by atoms with van der Waals surface area (Å²) in [6, 6.07) is 9.90. The maximum Gasteiger partial charge on any atom is 0.229 e. The Balaban J connectivity index is 2.08. The molecule has 2 aromatic carbocycles. The van der Waals surface area contributed by atoms with Crippen LogP contribution in [0, 0.1) is 12.7 Å². The van der Waals surface area contributed by atoms with Crippen molar-refractivity contribution in [1.29, 1.82) is 0 Å². The van der Waals surface area contributed by atoms with Crippen LogP contribution in [0.2, 0.25) is 5.15 Å². The van der Waals surface area contributed by atoms with Crippen molar-refractivity contribution in [3.8, 4) is 5.75 Å². The maximum atomic E-state index is 13.2. The number of nitrogens with one attached hydrogen (secondary N) is 1. The number of hydrogen-bond acceptors (Lipinski definition) is 4. The van der Waals surface area contributed by atoms with Gasteiger partial charge < -0.3 is 10.1 Å². The molecule has 0 bridgehead atoms. The highest BCUT2D eigenvalue weighted by Crippen LogP contribution is 2.30. The molecule has 0 unspecified atom stereocenters. The predicted molar refractivity (Wildman–Crippen MR) is 85.5 cm³/mol. The number of anilines is 2. The van der Waals surface area contributed by atoms with Crippen molar-refractivity contribution in [2.24, 2.45) is 0 Å². The molecule has 0 amide bonds. The zero-order chi connectivity index (χ0) is 15.7. The van der Waals surface area contributed by atoms with Crippen LogP contribution < -0.4 is 10.1 Å². The first kappa shape index (κ1) is 14.5. The summed E-state index contributed by atoms with van der Waals surface area (Å²) in [6.45, 7) is 1.80. The third-order valence-corrected chi connectivity index (χ3v) is 3.59.